The Hall–Kier alpha value is -6.17. The maximum Gasteiger partial charge on any atom is 0.198 e. The van der Waals surface area contributed by atoms with Crippen molar-refractivity contribution in [3.8, 4) is 16.8 Å². The Labute approximate surface area is 350 Å². The van der Waals surface area contributed by atoms with Crippen LogP contribution in [0.4, 0.5) is 11.4 Å². The van der Waals surface area contributed by atoms with Gasteiger partial charge in [-0.05, 0) is 98.2 Å². The molecule has 1 N–H and O–H groups in total. The van der Waals surface area contributed by atoms with E-state index in [1.54, 1.807) is 0 Å². The molecule has 0 spiro atoms. The normalized spacial score (nSPS) is 13.8. The van der Waals surface area contributed by atoms with E-state index in [0.717, 1.165) is 51.7 Å². The first-order valence-electron chi connectivity index (χ1n) is 20.6. The third-order valence-electron chi connectivity index (χ3n) is 12.5. The number of hydrogen-bond donors (Lipinski definition) is 1. The van der Waals surface area contributed by atoms with Crippen molar-refractivity contribution in [2.45, 2.75) is 57.3 Å². The number of benzene rings is 7. The molecule has 0 unspecified atom stereocenters. The fourth-order valence-electron chi connectivity index (χ4n) is 9.24. The third kappa shape index (κ3) is 5.81. The van der Waals surface area contributed by atoms with Gasteiger partial charge in [0, 0.05) is 65.6 Å². The van der Waals surface area contributed by atoms with Crippen molar-refractivity contribution in [3.63, 3.8) is 0 Å². The summed E-state index contributed by atoms with van der Waals surface area (Å²) in [4.78, 5) is 2.45. The number of fused-ring (bicyclic) bond motifs is 9. The van der Waals surface area contributed by atoms with Gasteiger partial charge >= 0.3 is 0 Å². The lowest BCUT2D eigenvalue weighted by Gasteiger charge is -2.28. The molecule has 11 rings (SSSR count). The molecule has 286 valence electrons. The molecule has 2 aliphatic rings. The monoisotopic (exact) mass is 780 g/mol. The van der Waals surface area contributed by atoms with Crippen LogP contribution in [-0.2, 0) is 10.8 Å². The molecule has 9 aromatic rings. The quantitative estimate of drug-likeness (QED) is 0.180. The second kappa shape index (κ2) is 12.9. The predicted molar refractivity (Wildman–Crippen MR) is 256 cm³/mol. The van der Waals surface area contributed by atoms with Gasteiger partial charge in [0.2, 0.25) is 0 Å². The number of furan rings is 1. The Kier molecular flexibility index (Phi) is 7.87. The molecule has 59 heavy (non-hydrogen) atoms. The highest BCUT2D eigenvalue weighted by molar-refractivity contribution is 8.08. The fraction of sp³-hybridized carbons (Fsp3) is 0.148. The summed E-state index contributed by atoms with van der Waals surface area (Å²) >= 11 is 1.84. The number of hydrogen-bond acceptors (Lipinski definition) is 3. The number of aromatic nitrogens is 1. The van der Waals surface area contributed by atoms with Gasteiger partial charge in [-0.25, -0.2) is 0 Å². The van der Waals surface area contributed by atoms with Crippen LogP contribution in [0.2, 0.25) is 0 Å². The summed E-state index contributed by atoms with van der Waals surface area (Å²) in [7, 11) is 0.803. The molecule has 0 amide bonds. The second-order valence-corrected chi connectivity index (χ2v) is 19.5. The molecule has 4 heterocycles. The molecule has 0 atom stereocenters. The van der Waals surface area contributed by atoms with Gasteiger partial charge in [0.25, 0.3) is 0 Å². The molecule has 0 saturated heterocycles. The van der Waals surface area contributed by atoms with E-state index in [4.69, 9.17) is 4.42 Å². The number of nitrogens with zero attached hydrogens (tertiary/aromatic N) is 1. The number of thioether (sulfide) groups is 1. The standard InChI is InChI=1S/C54H45BN2OS/c1-31-25-49(32-13-9-8-10-14-32)59-50-30-46-43(28-39(31)50)55-51-37(40-26-34(54(5,6)7)19-24-44(40)56-35-20-17-33(18-21-35)53(2,3)4)22-23-38-41-27-42-36-15-11-12-16-47(36)58-48(42)29-45(41)57(46)52(38)51/h8-30,55-56H,1H2,2-7H3. The minimum atomic E-state index is -0.0233. The zero-order chi connectivity index (χ0) is 40.4. The van der Waals surface area contributed by atoms with Crippen LogP contribution in [0.1, 0.15) is 63.8 Å². The van der Waals surface area contributed by atoms with Crippen molar-refractivity contribution in [1.29, 1.82) is 0 Å². The lowest BCUT2D eigenvalue weighted by molar-refractivity contribution is 0.590. The van der Waals surface area contributed by atoms with E-state index in [1.807, 2.05) is 17.8 Å². The van der Waals surface area contributed by atoms with Crippen molar-refractivity contribution in [3.05, 3.63) is 168 Å². The molecule has 2 aromatic heterocycles. The molecule has 0 aliphatic carbocycles. The van der Waals surface area contributed by atoms with Crippen molar-refractivity contribution in [2.24, 2.45) is 0 Å². The summed E-state index contributed by atoms with van der Waals surface area (Å²) in [5.74, 6) is 0. The van der Waals surface area contributed by atoms with E-state index in [1.165, 1.54) is 76.1 Å². The Bertz CT molecular complexity index is 3260. The zero-order valence-electron chi connectivity index (χ0n) is 34.5. The van der Waals surface area contributed by atoms with E-state index in [0.29, 0.717) is 0 Å². The molecule has 0 bridgehead atoms. The summed E-state index contributed by atoms with van der Waals surface area (Å²) in [5, 5.41) is 8.65. The molecular formula is C54H45BN2OS. The Morgan fingerprint density at radius 2 is 1.37 bits per heavy atom. The molecule has 3 nitrogen and oxygen atoms in total. The second-order valence-electron chi connectivity index (χ2n) is 18.4. The van der Waals surface area contributed by atoms with Crippen molar-refractivity contribution in [1.82, 2.24) is 4.57 Å². The first kappa shape index (κ1) is 36.0. The highest BCUT2D eigenvalue weighted by atomic mass is 32.2. The first-order chi connectivity index (χ1) is 28.4. The lowest BCUT2D eigenvalue weighted by atomic mass is 9.58. The molecule has 5 heteroatoms. The van der Waals surface area contributed by atoms with Gasteiger partial charge in [0.1, 0.15) is 11.2 Å². The highest BCUT2D eigenvalue weighted by Gasteiger charge is 2.30. The summed E-state index contributed by atoms with van der Waals surface area (Å²) in [6, 6.07) is 49.2. The van der Waals surface area contributed by atoms with Crippen LogP contribution in [0.3, 0.4) is 0 Å². The molecule has 2 aliphatic heterocycles. The maximum atomic E-state index is 6.55. The molecular weight excluding hydrogens is 735 g/mol. The third-order valence-corrected chi connectivity index (χ3v) is 13.6. The minimum absolute atomic E-state index is 0.0233. The van der Waals surface area contributed by atoms with Crippen molar-refractivity contribution >= 4 is 95.6 Å². The van der Waals surface area contributed by atoms with Gasteiger partial charge in [-0.15, -0.1) is 0 Å². The first-order valence-corrected chi connectivity index (χ1v) is 21.5. The van der Waals surface area contributed by atoms with Crippen molar-refractivity contribution in [2.75, 3.05) is 5.32 Å². The van der Waals surface area contributed by atoms with Crippen LogP contribution in [0.15, 0.2) is 155 Å². The van der Waals surface area contributed by atoms with Gasteiger partial charge in [-0.2, -0.15) is 0 Å². The van der Waals surface area contributed by atoms with E-state index in [-0.39, 0.29) is 10.8 Å². The summed E-state index contributed by atoms with van der Waals surface area (Å²) in [6.07, 6.45) is 2.25. The van der Waals surface area contributed by atoms with E-state index in [2.05, 4.69) is 191 Å². The van der Waals surface area contributed by atoms with Crippen LogP contribution >= 0.6 is 11.8 Å². The van der Waals surface area contributed by atoms with Crippen molar-refractivity contribution < 1.29 is 4.42 Å². The van der Waals surface area contributed by atoms with Crippen LogP contribution < -0.4 is 16.2 Å². The maximum absolute atomic E-state index is 6.55. The largest absolute Gasteiger partial charge is 0.456 e. The van der Waals surface area contributed by atoms with Crippen LogP contribution in [-0.4, -0.2) is 11.8 Å². The average molecular weight is 781 g/mol. The minimum Gasteiger partial charge on any atom is -0.456 e. The lowest BCUT2D eigenvalue weighted by Crippen LogP contribution is -2.37. The molecule has 0 saturated carbocycles. The Morgan fingerprint density at radius 3 is 2.15 bits per heavy atom. The highest BCUT2D eigenvalue weighted by Crippen LogP contribution is 2.47. The zero-order valence-corrected chi connectivity index (χ0v) is 35.3. The average Bonchev–Trinajstić information content (AvgIpc) is 3.75. The predicted octanol–water partition coefficient (Wildman–Crippen LogP) is 13.5. The summed E-state index contributed by atoms with van der Waals surface area (Å²) in [6.45, 7) is 18.3. The smallest absolute Gasteiger partial charge is 0.198 e. The van der Waals surface area contributed by atoms with E-state index < -0.39 is 0 Å². The van der Waals surface area contributed by atoms with Gasteiger partial charge < -0.3 is 14.3 Å². The summed E-state index contributed by atoms with van der Waals surface area (Å²) < 4.78 is 9.08. The van der Waals surface area contributed by atoms with Crippen LogP contribution in [0, 0.1) is 0 Å². The van der Waals surface area contributed by atoms with Gasteiger partial charge in [0.15, 0.2) is 7.28 Å². The number of para-hydroxylation sites is 1. The topological polar surface area (TPSA) is 30.1 Å². The Morgan fingerprint density at radius 1 is 0.627 bits per heavy atom. The number of nitrogens with one attached hydrogen (secondary N) is 1. The molecule has 0 radical (unpaired) electrons. The fourth-order valence-corrected chi connectivity index (χ4v) is 10.4. The van der Waals surface area contributed by atoms with Gasteiger partial charge in [-0.1, -0.05) is 150 Å². The van der Waals surface area contributed by atoms with Gasteiger partial charge in [0.05, 0.1) is 5.52 Å². The Balaban J connectivity index is 1.16. The van der Waals surface area contributed by atoms with Crippen LogP contribution in [0.5, 0.6) is 0 Å². The number of allylic oxidation sites excluding steroid dienone is 2. The number of rotatable bonds is 4. The van der Waals surface area contributed by atoms with E-state index in [9.17, 15) is 0 Å². The summed E-state index contributed by atoms with van der Waals surface area (Å²) in [5.41, 5.74) is 18.9. The molecule has 0 fully saturated rings. The SMILES string of the molecule is C=C1C=C(c2ccccc2)Sc2cc3c(cc21)Bc1c(-c2cc(C(C)(C)C)ccc2Nc2ccc(C(C)(C)C)cc2)ccc2c4cc5c(cc4n-3c12)oc1ccccc15. The van der Waals surface area contributed by atoms with Gasteiger partial charge in [-0.3, -0.25) is 0 Å². The van der Waals surface area contributed by atoms with E-state index >= 15 is 0 Å². The molecule has 7 aromatic carbocycles. The van der Waals surface area contributed by atoms with Crippen LogP contribution in [0.25, 0.3) is 71.0 Å². The number of anilines is 2.